The summed E-state index contributed by atoms with van der Waals surface area (Å²) >= 11 is 5.03. The molecule has 0 fully saturated rings. The first-order valence-electron chi connectivity index (χ1n) is 4.84. The molecule has 1 rings (SSSR count). The Labute approximate surface area is 109 Å². The molecule has 0 aromatic heterocycles. The fourth-order valence-corrected chi connectivity index (χ4v) is 2.17. The molecule has 1 aromatic carbocycles. The van der Waals surface area contributed by atoms with Gasteiger partial charge in [0, 0.05) is 44.2 Å². The molecular formula is C9H13N2O5PS. The van der Waals surface area contributed by atoms with Crippen LogP contribution in [0.25, 0.3) is 0 Å². The zero-order valence-corrected chi connectivity index (χ0v) is 11.6. The highest BCUT2D eigenvalue weighted by Crippen LogP contribution is 2.48. The van der Waals surface area contributed by atoms with Crippen LogP contribution < -0.4 is 10.3 Å². The van der Waals surface area contributed by atoms with Gasteiger partial charge in [-0.15, -0.1) is 0 Å². The summed E-state index contributed by atoms with van der Waals surface area (Å²) in [4.78, 5) is 10.2. The van der Waals surface area contributed by atoms with Crippen molar-refractivity contribution in [2.75, 3.05) is 14.2 Å². The Morgan fingerprint density at radius 1 is 1.44 bits per heavy atom. The van der Waals surface area contributed by atoms with Crippen LogP contribution in [0.4, 0.5) is 5.69 Å². The van der Waals surface area contributed by atoms with Crippen LogP contribution in [-0.4, -0.2) is 19.1 Å². The van der Waals surface area contributed by atoms with Crippen LogP contribution in [0.15, 0.2) is 18.2 Å². The van der Waals surface area contributed by atoms with Gasteiger partial charge in [0.2, 0.25) is 0 Å². The summed E-state index contributed by atoms with van der Waals surface area (Å²) in [5.41, 5.74) is 5.74. The third-order valence-electron chi connectivity index (χ3n) is 2.13. The number of nitrogens with zero attached hydrogens (tertiary/aromatic N) is 1. The van der Waals surface area contributed by atoms with Crippen LogP contribution in [0.5, 0.6) is 5.75 Å². The number of hydrogen-bond acceptors (Lipinski definition) is 7. The molecule has 0 bridgehead atoms. The number of hydrogen-bond donors (Lipinski definition) is 1. The van der Waals surface area contributed by atoms with E-state index < -0.39 is 11.6 Å². The lowest BCUT2D eigenvalue weighted by atomic mass is 10.2. The lowest BCUT2D eigenvalue weighted by Crippen LogP contribution is -2.03. The van der Waals surface area contributed by atoms with E-state index >= 15 is 0 Å². The minimum Gasteiger partial charge on any atom is -0.424 e. The van der Waals surface area contributed by atoms with Gasteiger partial charge in [-0.1, -0.05) is 0 Å². The van der Waals surface area contributed by atoms with E-state index in [0.29, 0.717) is 11.3 Å². The monoisotopic (exact) mass is 292 g/mol. The largest absolute Gasteiger partial charge is 0.424 e. The number of nitro groups is 1. The predicted molar refractivity (Wildman–Crippen MR) is 69.9 cm³/mol. The number of benzene rings is 1. The molecule has 18 heavy (non-hydrogen) atoms. The van der Waals surface area contributed by atoms with Crippen molar-refractivity contribution >= 4 is 24.2 Å². The van der Waals surface area contributed by atoms with Crippen molar-refractivity contribution in [3.05, 3.63) is 33.9 Å². The first-order valence-corrected chi connectivity index (χ1v) is 7.40. The van der Waals surface area contributed by atoms with E-state index in [0.717, 1.165) is 0 Å². The van der Waals surface area contributed by atoms with Crippen LogP contribution in [0.3, 0.4) is 0 Å². The number of nitro benzene ring substituents is 1. The Balaban J connectivity index is 3.06. The van der Waals surface area contributed by atoms with Crippen LogP contribution in [-0.2, 0) is 27.4 Å². The highest BCUT2D eigenvalue weighted by molar-refractivity contribution is 8.07. The second kappa shape index (κ2) is 6.21. The van der Waals surface area contributed by atoms with Gasteiger partial charge >= 0.3 is 6.72 Å². The Morgan fingerprint density at radius 2 is 2.06 bits per heavy atom. The topological polar surface area (TPSA) is 96.8 Å². The van der Waals surface area contributed by atoms with Crippen molar-refractivity contribution in [3.63, 3.8) is 0 Å². The van der Waals surface area contributed by atoms with E-state index in [1.54, 1.807) is 0 Å². The lowest BCUT2D eigenvalue weighted by molar-refractivity contribution is -0.385. The molecule has 0 amide bonds. The molecule has 0 unspecified atom stereocenters. The highest BCUT2D eigenvalue weighted by Gasteiger charge is 2.20. The third-order valence-corrected chi connectivity index (χ3v) is 4.58. The maximum atomic E-state index is 10.7. The Kier molecular flexibility index (Phi) is 5.18. The van der Waals surface area contributed by atoms with Crippen molar-refractivity contribution in [1.82, 2.24) is 0 Å². The molecule has 1 aromatic rings. The zero-order valence-electron chi connectivity index (χ0n) is 9.86. The van der Waals surface area contributed by atoms with Crippen molar-refractivity contribution in [3.8, 4) is 5.75 Å². The summed E-state index contributed by atoms with van der Waals surface area (Å²) in [7, 11) is 2.75. The van der Waals surface area contributed by atoms with Gasteiger partial charge in [-0.3, -0.25) is 10.1 Å². The van der Waals surface area contributed by atoms with Crippen LogP contribution in [0, 0.1) is 10.1 Å². The molecule has 0 saturated heterocycles. The minimum atomic E-state index is -2.85. The van der Waals surface area contributed by atoms with Crippen LogP contribution >= 0.6 is 6.72 Å². The summed E-state index contributed by atoms with van der Waals surface area (Å²) in [5, 5.41) is 10.7. The van der Waals surface area contributed by atoms with Crippen molar-refractivity contribution in [1.29, 1.82) is 0 Å². The predicted octanol–water partition coefficient (Wildman–Crippen LogP) is 1.95. The number of rotatable bonds is 6. The molecule has 0 aliphatic rings. The van der Waals surface area contributed by atoms with Gasteiger partial charge in [-0.05, 0) is 12.1 Å². The maximum Gasteiger partial charge on any atom is 0.380 e. The van der Waals surface area contributed by atoms with Gasteiger partial charge in [0.25, 0.3) is 5.69 Å². The molecular weight excluding hydrogens is 279 g/mol. The molecule has 0 aliphatic heterocycles. The summed E-state index contributed by atoms with van der Waals surface area (Å²) < 4.78 is 15.3. The van der Waals surface area contributed by atoms with E-state index in [1.165, 1.54) is 32.4 Å². The Bertz CT molecular complexity index is 488. The van der Waals surface area contributed by atoms with Crippen molar-refractivity contribution < 1.29 is 18.5 Å². The molecule has 0 saturated carbocycles. The van der Waals surface area contributed by atoms with Crippen molar-refractivity contribution in [2.45, 2.75) is 6.54 Å². The van der Waals surface area contributed by atoms with E-state index in [4.69, 9.17) is 31.1 Å². The normalized spacial score (nSPS) is 11.3. The van der Waals surface area contributed by atoms with Gasteiger partial charge in [0.05, 0.1) is 4.92 Å². The first-order chi connectivity index (χ1) is 8.45. The standard InChI is InChI=1S/C9H13N2O5PS/c1-14-17(18,15-2)16-8-3-4-9(11(12)13)7(5-8)6-10/h3-5H,6,10H2,1-2H3. The summed E-state index contributed by atoms with van der Waals surface area (Å²) in [6.45, 7) is -2.83. The summed E-state index contributed by atoms with van der Waals surface area (Å²) in [6.07, 6.45) is 0. The van der Waals surface area contributed by atoms with E-state index in [2.05, 4.69) is 0 Å². The lowest BCUT2D eigenvalue weighted by Gasteiger charge is -2.18. The highest BCUT2D eigenvalue weighted by atomic mass is 32.5. The minimum absolute atomic E-state index is 0.0242. The average molecular weight is 292 g/mol. The molecule has 7 nitrogen and oxygen atoms in total. The zero-order chi connectivity index (χ0) is 13.8. The van der Waals surface area contributed by atoms with Gasteiger partial charge in [-0.25, -0.2) is 0 Å². The maximum absolute atomic E-state index is 10.7. The fourth-order valence-electron chi connectivity index (χ4n) is 1.24. The van der Waals surface area contributed by atoms with Crippen LogP contribution in [0.2, 0.25) is 0 Å². The molecule has 0 spiro atoms. The quantitative estimate of drug-likeness (QED) is 0.486. The smallest absolute Gasteiger partial charge is 0.380 e. The van der Waals surface area contributed by atoms with Crippen molar-refractivity contribution in [2.24, 2.45) is 5.73 Å². The second-order valence-electron chi connectivity index (χ2n) is 3.16. The summed E-state index contributed by atoms with van der Waals surface area (Å²) in [5.74, 6) is 0.327. The van der Waals surface area contributed by atoms with Gasteiger partial charge in [-0.2, -0.15) is 0 Å². The first kappa shape index (κ1) is 15.0. The van der Waals surface area contributed by atoms with E-state index in [1.807, 2.05) is 0 Å². The molecule has 0 radical (unpaired) electrons. The van der Waals surface area contributed by atoms with E-state index in [9.17, 15) is 10.1 Å². The molecule has 100 valence electrons. The summed E-state index contributed by atoms with van der Waals surface area (Å²) in [6, 6.07) is 4.19. The molecule has 0 heterocycles. The molecule has 0 aliphatic carbocycles. The second-order valence-corrected chi connectivity index (χ2v) is 6.30. The molecule has 9 heteroatoms. The Morgan fingerprint density at radius 3 is 2.50 bits per heavy atom. The van der Waals surface area contributed by atoms with Gasteiger partial charge in [0.15, 0.2) is 0 Å². The third kappa shape index (κ3) is 3.47. The molecule has 0 atom stereocenters. The average Bonchev–Trinajstić information content (AvgIpc) is 2.38. The van der Waals surface area contributed by atoms with Gasteiger partial charge in [0.1, 0.15) is 5.75 Å². The number of nitrogens with two attached hydrogens (primary N) is 1. The van der Waals surface area contributed by atoms with Gasteiger partial charge < -0.3 is 19.3 Å². The molecule has 2 N–H and O–H groups in total. The SMILES string of the molecule is COP(=S)(OC)Oc1ccc([N+](=O)[O-])c(CN)c1. The fraction of sp³-hybridized carbons (Fsp3) is 0.333. The van der Waals surface area contributed by atoms with Crippen LogP contribution in [0.1, 0.15) is 5.56 Å². The van der Waals surface area contributed by atoms with E-state index in [-0.39, 0.29) is 12.2 Å². The Hall–Kier alpha value is -1.05.